The van der Waals surface area contributed by atoms with E-state index in [1.807, 2.05) is 30.3 Å². The number of rotatable bonds is 5. The Morgan fingerprint density at radius 3 is 2.72 bits per heavy atom. The van der Waals surface area contributed by atoms with Crippen LogP contribution in [0.5, 0.6) is 0 Å². The molecular weight excluding hydrogens is 226 g/mol. The smallest absolute Gasteiger partial charge is 0.305 e. The summed E-state index contributed by atoms with van der Waals surface area (Å²) < 4.78 is 0. The Morgan fingerprint density at radius 2 is 2.17 bits per heavy atom. The highest BCUT2D eigenvalue weighted by Crippen LogP contribution is 2.31. The van der Waals surface area contributed by atoms with Crippen LogP contribution in [0.15, 0.2) is 30.3 Å². The van der Waals surface area contributed by atoms with Crippen LogP contribution in [0, 0.1) is 5.92 Å². The van der Waals surface area contributed by atoms with E-state index < -0.39 is 5.97 Å². The molecule has 1 aromatic carbocycles. The van der Waals surface area contributed by atoms with Gasteiger partial charge in [0.15, 0.2) is 0 Å². The molecule has 0 amide bonds. The molecule has 2 rings (SSSR count). The van der Waals surface area contributed by atoms with Crippen LogP contribution in [0.25, 0.3) is 0 Å². The highest BCUT2D eigenvalue weighted by atomic mass is 16.4. The van der Waals surface area contributed by atoms with Crippen LogP contribution in [-0.4, -0.2) is 29.1 Å². The zero-order valence-electron chi connectivity index (χ0n) is 10.9. The number of nitrogens with zero attached hydrogens (tertiary/aromatic N) is 1. The topological polar surface area (TPSA) is 40.5 Å². The summed E-state index contributed by atoms with van der Waals surface area (Å²) in [6, 6.07) is 10.0. The van der Waals surface area contributed by atoms with Crippen molar-refractivity contribution >= 4 is 5.97 Å². The molecule has 18 heavy (non-hydrogen) atoms. The van der Waals surface area contributed by atoms with Gasteiger partial charge in [0.1, 0.15) is 0 Å². The van der Waals surface area contributed by atoms with Crippen LogP contribution in [0.2, 0.25) is 0 Å². The van der Waals surface area contributed by atoms with E-state index in [9.17, 15) is 4.79 Å². The quantitative estimate of drug-likeness (QED) is 0.869. The lowest BCUT2D eigenvalue weighted by molar-refractivity contribution is -0.138. The first-order valence-corrected chi connectivity index (χ1v) is 6.71. The lowest BCUT2D eigenvalue weighted by Crippen LogP contribution is -2.28. The first-order chi connectivity index (χ1) is 8.70. The van der Waals surface area contributed by atoms with Gasteiger partial charge in [0, 0.05) is 12.6 Å². The summed E-state index contributed by atoms with van der Waals surface area (Å²) in [4.78, 5) is 13.4. The van der Waals surface area contributed by atoms with Gasteiger partial charge in [-0.05, 0) is 24.4 Å². The number of aliphatic carboxylic acids is 1. The van der Waals surface area contributed by atoms with E-state index in [1.54, 1.807) is 0 Å². The van der Waals surface area contributed by atoms with Crippen molar-refractivity contribution in [2.45, 2.75) is 32.2 Å². The fraction of sp³-hybridized carbons (Fsp3) is 0.533. The highest BCUT2D eigenvalue weighted by Gasteiger charge is 2.29. The summed E-state index contributed by atoms with van der Waals surface area (Å²) in [7, 11) is 0. The molecule has 1 aliphatic rings. The molecule has 98 valence electrons. The van der Waals surface area contributed by atoms with E-state index in [0.717, 1.165) is 24.6 Å². The molecule has 2 unspecified atom stereocenters. The maximum Gasteiger partial charge on any atom is 0.305 e. The van der Waals surface area contributed by atoms with Crippen molar-refractivity contribution in [3.05, 3.63) is 35.9 Å². The normalized spacial score (nSPS) is 21.9. The number of likely N-dealkylation sites (tertiary alicyclic amines) is 1. The van der Waals surface area contributed by atoms with E-state index in [1.165, 1.54) is 12.8 Å². The molecule has 1 aromatic rings. The maximum absolute atomic E-state index is 11.1. The summed E-state index contributed by atoms with van der Waals surface area (Å²) in [6.07, 6.45) is 2.57. The van der Waals surface area contributed by atoms with Gasteiger partial charge >= 0.3 is 5.97 Å². The third-order valence-corrected chi connectivity index (χ3v) is 3.89. The minimum Gasteiger partial charge on any atom is -0.481 e. The van der Waals surface area contributed by atoms with Crippen LogP contribution in [0.3, 0.4) is 0 Å². The first-order valence-electron chi connectivity index (χ1n) is 6.71. The van der Waals surface area contributed by atoms with Gasteiger partial charge in [0.05, 0.1) is 6.42 Å². The zero-order chi connectivity index (χ0) is 13.0. The Labute approximate surface area is 108 Å². The van der Waals surface area contributed by atoms with Gasteiger partial charge in [-0.1, -0.05) is 43.7 Å². The van der Waals surface area contributed by atoms with E-state index in [-0.39, 0.29) is 12.5 Å². The number of benzene rings is 1. The number of hydrogen-bond donors (Lipinski definition) is 1. The molecular formula is C15H21NO2. The summed E-state index contributed by atoms with van der Waals surface area (Å²) in [5.74, 6) is 0.00816. The Morgan fingerprint density at radius 1 is 1.44 bits per heavy atom. The zero-order valence-corrected chi connectivity index (χ0v) is 10.9. The van der Waals surface area contributed by atoms with E-state index >= 15 is 0 Å². The maximum atomic E-state index is 11.1. The van der Waals surface area contributed by atoms with Gasteiger partial charge < -0.3 is 5.11 Å². The largest absolute Gasteiger partial charge is 0.481 e. The van der Waals surface area contributed by atoms with Crippen LogP contribution in [0.4, 0.5) is 0 Å². The monoisotopic (exact) mass is 247 g/mol. The lowest BCUT2D eigenvalue weighted by atomic mass is 10.0. The number of hydrogen-bond acceptors (Lipinski definition) is 2. The van der Waals surface area contributed by atoms with E-state index in [0.29, 0.717) is 0 Å². The summed E-state index contributed by atoms with van der Waals surface area (Å²) in [5.41, 5.74) is 1.12. The second-order valence-electron chi connectivity index (χ2n) is 5.08. The molecule has 1 aliphatic heterocycles. The van der Waals surface area contributed by atoms with Crippen molar-refractivity contribution in [2.24, 2.45) is 5.92 Å². The molecule has 1 heterocycles. The number of carbonyl (C=O) groups is 1. The molecule has 2 atom stereocenters. The number of carboxylic acids is 1. The van der Waals surface area contributed by atoms with Gasteiger partial charge in [0.25, 0.3) is 0 Å². The third kappa shape index (κ3) is 3.10. The fourth-order valence-electron chi connectivity index (χ4n) is 2.78. The van der Waals surface area contributed by atoms with Gasteiger partial charge in [-0.2, -0.15) is 0 Å². The molecule has 3 nitrogen and oxygen atoms in total. The van der Waals surface area contributed by atoms with E-state index in [2.05, 4.69) is 11.8 Å². The molecule has 0 bridgehead atoms. The second-order valence-corrected chi connectivity index (χ2v) is 5.08. The van der Waals surface area contributed by atoms with Crippen molar-refractivity contribution in [1.82, 2.24) is 4.90 Å². The Kier molecular flexibility index (Phi) is 4.37. The van der Waals surface area contributed by atoms with Crippen LogP contribution in [-0.2, 0) is 4.79 Å². The third-order valence-electron chi connectivity index (χ3n) is 3.89. The minimum atomic E-state index is -0.719. The summed E-state index contributed by atoms with van der Waals surface area (Å²) in [5, 5.41) is 9.10. The van der Waals surface area contributed by atoms with Crippen molar-refractivity contribution in [3.63, 3.8) is 0 Å². The van der Waals surface area contributed by atoms with Crippen molar-refractivity contribution in [1.29, 1.82) is 0 Å². The molecule has 1 saturated heterocycles. The Balaban J connectivity index is 2.13. The molecule has 0 aliphatic carbocycles. The number of carboxylic acid groups (broad SMARTS) is 1. The van der Waals surface area contributed by atoms with Gasteiger partial charge in [-0.25, -0.2) is 0 Å². The van der Waals surface area contributed by atoms with Crippen LogP contribution in [0.1, 0.15) is 37.8 Å². The summed E-state index contributed by atoms with van der Waals surface area (Å²) >= 11 is 0. The van der Waals surface area contributed by atoms with Gasteiger partial charge in [-0.15, -0.1) is 0 Å². The van der Waals surface area contributed by atoms with Crippen LogP contribution < -0.4 is 0 Å². The standard InChI is InChI=1S/C15H21NO2/c1-2-12-8-9-16(11-12)14(10-15(17)18)13-6-4-3-5-7-13/h3-7,12,14H,2,8-11H2,1H3,(H,17,18). The predicted molar refractivity (Wildman–Crippen MR) is 71.4 cm³/mol. The van der Waals surface area contributed by atoms with Gasteiger partial charge in [0.2, 0.25) is 0 Å². The van der Waals surface area contributed by atoms with Crippen molar-refractivity contribution < 1.29 is 9.90 Å². The lowest BCUT2D eigenvalue weighted by Gasteiger charge is -2.27. The second kappa shape index (κ2) is 6.01. The molecule has 0 spiro atoms. The fourth-order valence-corrected chi connectivity index (χ4v) is 2.78. The van der Waals surface area contributed by atoms with Gasteiger partial charge in [-0.3, -0.25) is 9.69 Å². The van der Waals surface area contributed by atoms with E-state index in [4.69, 9.17) is 5.11 Å². The summed E-state index contributed by atoms with van der Waals surface area (Å²) in [6.45, 7) is 4.26. The molecule has 1 fully saturated rings. The Hall–Kier alpha value is -1.35. The first kappa shape index (κ1) is 13.1. The van der Waals surface area contributed by atoms with Crippen LogP contribution >= 0.6 is 0 Å². The molecule has 3 heteroatoms. The minimum absolute atomic E-state index is 0.0280. The molecule has 0 aromatic heterocycles. The average Bonchev–Trinajstić information content (AvgIpc) is 2.85. The molecule has 0 radical (unpaired) electrons. The average molecular weight is 247 g/mol. The SMILES string of the molecule is CCC1CCN(C(CC(=O)O)c2ccccc2)C1. The Bertz CT molecular complexity index is 391. The van der Waals surface area contributed by atoms with Crippen molar-refractivity contribution in [2.75, 3.05) is 13.1 Å². The predicted octanol–water partition coefficient (Wildman–Crippen LogP) is 2.93. The molecule has 0 saturated carbocycles. The highest BCUT2D eigenvalue weighted by molar-refractivity contribution is 5.68. The van der Waals surface area contributed by atoms with Crippen molar-refractivity contribution in [3.8, 4) is 0 Å². The molecule has 1 N–H and O–H groups in total.